The molecule has 0 radical (unpaired) electrons. The smallest absolute Gasteiger partial charge is 0.278 e. The van der Waals surface area contributed by atoms with Crippen LogP contribution in [0.25, 0.3) is 10.9 Å². The zero-order valence-electron chi connectivity index (χ0n) is 13.1. The van der Waals surface area contributed by atoms with Crippen LogP contribution in [0.2, 0.25) is 0 Å². The quantitative estimate of drug-likeness (QED) is 0.880. The van der Waals surface area contributed by atoms with Crippen LogP contribution in [-0.4, -0.2) is 28.3 Å². The lowest BCUT2D eigenvalue weighted by Crippen LogP contribution is -2.49. The topological polar surface area (TPSA) is 67.2 Å². The van der Waals surface area contributed by atoms with E-state index >= 15 is 0 Å². The van der Waals surface area contributed by atoms with E-state index in [-0.39, 0.29) is 24.7 Å². The summed E-state index contributed by atoms with van der Waals surface area (Å²) in [5, 5.41) is 7.06. The minimum absolute atomic E-state index is 0.206. The van der Waals surface area contributed by atoms with Crippen molar-refractivity contribution < 1.29 is 14.0 Å². The van der Waals surface area contributed by atoms with E-state index in [9.17, 15) is 14.0 Å². The van der Waals surface area contributed by atoms with E-state index in [2.05, 4.69) is 10.4 Å². The molecule has 1 saturated heterocycles. The van der Waals surface area contributed by atoms with Crippen LogP contribution in [0.3, 0.4) is 0 Å². The van der Waals surface area contributed by atoms with E-state index in [0.29, 0.717) is 16.8 Å². The lowest BCUT2D eigenvalue weighted by molar-refractivity contribution is -0.120. The maximum absolute atomic E-state index is 13.8. The van der Waals surface area contributed by atoms with Gasteiger partial charge in [0.1, 0.15) is 5.82 Å². The average Bonchev–Trinajstić information content (AvgIpc) is 2.78. The third-order valence-corrected chi connectivity index (χ3v) is 3.42. The highest BCUT2D eigenvalue weighted by molar-refractivity contribution is 6.08. The number of hydrogen-bond acceptors (Lipinski definition) is 3. The number of aromatic nitrogens is 2. The van der Waals surface area contributed by atoms with Gasteiger partial charge in [-0.3, -0.25) is 19.7 Å². The van der Waals surface area contributed by atoms with Gasteiger partial charge < -0.3 is 0 Å². The molecule has 3 amide bonds. The Labute approximate surface area is 127 Å². The molecular formula is C15H19FN4O2. The number of carbonyl (C=O) groups excluding carboxylic acids is 2. The molecule has 3 rings (SSSR count). The molecule has 1 aliphatic rings. The second kappa shape index (κ2) is 6.13. The van der Waals surface area contributed by atoms with Crippen molar-refractivity contribution >= 4 is 28.7 Å². The largest absolute Gasteiger partial charge is 0.329 e. The number of nitrogens with one attached hydrogen (secondary N) is 1. The fourth-order valence-corrected chi connectivity index (χ4v) is 2.33. The molecule has 1 aromatic carbocycles. The Balaban J connectivity index is 0.000000847. The van der Waals surface area contributed by atoms with E-state index < -0.39 is 6.03 Å². The molecule has 0 saturated carbocycles. The maximum atomic E-state index is 13.8. The third-order valence-electron chi connectivity index (χ3n) is 3.42. The van der Waals surface area contributed by atoms with E-state index in [4.69, 9.17) is 0 Å². The molecule has 7 heteroatoms. The zero-order chi connectivity index (χ0) is 16.4. The van der Waals surface area contributed by atoms with Crippen molar-refractivity contribution in [3.63, 3.8) is 0 Å². The van der Waals surface area contributed by atoms with Crippen molar-refractivity contribution in [1.29, 1.82) is 0 Å². The Morgan fingerprint density at radius 3 is 2.59 bits per heavy atom. The van der Waals surface area contributed by atoms with E-state index in [1.807, 2.05) is 13.8 Å². The number of nitrogens with zero attached hydrogens (tertiary/aromatic N) is 3. The van der Waals surface area contributed by atoms with E-state index in [0.717, 1.165) is 5.52 Å². The molecule has 0 bridgehead atoms. The first kappa shape index (κ1) is 15.9. The Kier molecular flexibility index (Phi) is 4.44. The van der Waals surface area contributed by atoms with Crippen LogP contribution < -0.4 is 10.2 Å². The van der Waals surface area contributed by atoms with Crippen LogP contribution in [0.1, 0.15) is 25.8 Å². The van der Waals surface area contributed by atoms with Crippen molar-refractivity contribution in [2.75, 3.05) is 11.4 Å². The predicted molar refractivity (Wildman–Crippen MR) is 82.3 cm³/mol. The molecule has 2 aromatic rings. The standard InChI is InChI=1S/C13H13FN4O2.C2H6/c1-7-5-10-8(6-9(7)14)12(16-17(10)2)18-4-3-11(19)15-13(18)20;1-2/h5-6H,3-4H2,1-2H3,(H,15,19,20);1-2H3. The molecule has 1 aromatic heterocycles. The summed E-state index contributed by atoms with van der Waals surface area (Å²) in [7, 11) is 1.73. The number of imide groups is 1. The van der Waals surface area contributed by atoms with Gasteiger partial charge in [0.05, 0.1) is 5.52 Å². The van der Waals surface area contributed by atoms with Crippen LogP contribution in [0.5, 0.6) is 0 Å². The molecule has 22 heavy (non-hydrogen) atoms. The number of aryl methyl sites for hydroxylation is 2. The number of hydrogen-bond donors (Lipinski definition) is 1. The van der Waals surface area contributed by atoms with Gasteiger partial charge in [-0.2, -0.15) is 5.10 Å². The first-order chi connectivity index (χ1) is 10.5. The summed E-state index contributed by atoms with van der Waals surface area (Å²) in [5.41, 5.74) is 1.26. The van der Waals surface area contributed by atoms with Crippen molar-refractivity contribution in [3.05, 3.63) is 23.5 Å². The molecule has 0 unspecified atom stereocenters. The summed E-state index contributed by atoms with van der Waals surface area (Å²) >= 11 is 0. The zero-order valence-corrected chi connectivity index (χ0v) is 13.1. The number of benzene rings is 1. The van der Waals surface area contributed by atoms with Gasteiger partial charge >= 0.3 is 6.03 Å². The van der Waals surface area contributed by atoms with Gasteiger partial charge in [0.15, 0.2) is 5.82 Å². The summed E-state index contributed by atoms with van der Waals surface area (Å²) < 4.78 is 15.4. The minimum Gasteiger partial charge on any atom is -0.278 e. The van der Waals surface area contributed by atoms with Crippen molar-refractivity contribution in [1.82, 2.24) is 15.1 Å². The number of amides is 3. The van der Waals surface area contributed by atoms with Gasteiger partial charge in [0.25, 0.3) is 0 Å². The highest BCUT2D eigenvalue weighted by Gasteiger charge is 2.28. The number of rotatable bonds is 1. The fraction of sp³-hybridized carbons (Fsp3) is 0.400. The monoisotopic (exact) mass is 306 g/mol. The number of halogens is 1. The van der Waals surface area contributed by atoms with Gasteiger partial charge in [-0.25, -0.2) is 9.18 Å². The summed E-state index contributed by atoms with van der Waals surface area (Å²) in [6, 6.07) is 2.53. The molecule has 118 valence electrons. The molecule has 0 spiro atoms. The van der Waals surface area contributed by atoms with E-state index in [1.54, 1.807) is 24.7 Å². The van der Waals surface area contributed by atoms with Crippen LogP contribution in [-0.2, 0) is 11.8 Å². The molecule has 2 heterocycles. The third kappa shape index (κ3) is 2.66. The molecular weight excluding hydrogens is 287 g/mol. The van der Waals surface area contributed by atoms with Gasteiger partial charge in [-0.1, -0.05) is 13.8 Å². The SMILES string of the molecule is CC.Cc1cc2c(cc1F)c(N1CCC(=O)NC1=O)nn2C. The fourth-order valence-electron chi connectivity index (χ4n) is 2.33. The van der Waals surface area contributed by atoms with Gasteiger partial charge in [0, 0.05) is 25.4 Å². The van der Waals surface area contributed by atoms with Crippen LogP contribution >= 0.6 is 0 Å². The van der Waals surface area contributed by atoms with Crippen molar-refractivity contribution in [2.24, 2.45) is 7.05 Å². The molecule has 6 nitrogen and oxygen atoms in total. The molecule has 1 fully saturated rings. The van der Waals surface area contributed by atoms with Crippen molar-refractivity contribution in [2.45, 2.75) is 27.2 Å². The summed E-state index contributed by atoms with van der Waals surface area (Å²) in [4.78, 5) is 24.4. The molecule has 0 atom stereocenters. The van der Waals surface area contributed by atoms with Crippen LogP contribution in [0.15, 0.2) is 12.1 Å². The normalized spacial score (nSPS) is 14.7. The Bertz CT molecular complexity index is 739. The summed E-state index contributed by atoms with van der Waals surface area (Å²) in [6.07, 6.45) is 0.206. The lowest BCUT2D eigenvalue weighted by Gasteiger charge is -2.24. The number of urea groups is 1. The van der Waals surface area contributed by atoms with Gasteiger partial charge in [-0.15, -0.1) is 0 Å². The predicted octanol–water partition coefficient (Wildman–Crippen LogP) is 2.49. The molecule has 1 aliphatic heterocycles. The van der Waals surface area contributed by atoms with Gasteiger partial charge in [0.2, 0.25) is 5.91 Å². The Morgan fingerprint density at radius 1 is 1.27 bits per heavy atom. The first-order valence-corrected chi connectivity index (χ1v) is 7.21. The summed E-state index contributed by atoms with van der Waals surface area (Å²) in [6.45, 7) is 5.92. The average molecular weight is 306 g/mol. The number of fused-ring (bicyclic) bond motifs is 1. The second-order valence-corrected chi connectivity index (χ2v) is 4.82. The number of carbonyl (C=O) groups is 2. The first-order valence-electron chi connectivity index (χ1n) is 7.21. The van der Waals surface area contributed by atoms with Crippen LogP contribution in [0.4, 0.5) is 15.0 Å². The lowest BCUT2D eigenvalue weighted by atomic mass is 10.1. The molecule has 1 N–H and O–H groups in total. The highest BCUT2D eigenvalue weighted by atomic mass is 19.1. The second-order valence-electron chi connectivity index (χ2n) is 4.82. The highest BCUT2D eigenvalue weighted by Crippen LogP contribution is 2.28. The Morgan fingerprint density at radius 2 is 1.95 bits per heavy atom. The van der Waals surface area contributed by atoms with Crippen molar-refractivity contribution in [3.8, 4) is 0 Å². The number of anilines is 1. The van der Waals surface area contributed by atoms with E-state index in [1.165, 1.54) is 11.0 Å². The molecule has 0 aliphatic carbocycles. The summed E-state index contributed by atoms with van der Waals surface area (Å²) in [5.74, 6) is -0.292. The minimum atomic E-state index is -0.526. The maximum Gasteiger partial charge on any atom is 0.329 e. The Hall–Kier alpha value is -2.44. The van der Waals surface area contributed by atoms with Gasteiger partial charge in [-0.05, 0) is 24.6 Å². The van der Waals surface area contributed by atoms with Crippen LogP contribution in [0, 0.1) is 12.7 Å².